The quantitative estimate of drug-likeness (QED) is 0.509. The molecule has 29 heavy (non-hydrogen) atoms. The maximum atomic E-state index is 4.83. The molecule has 5 rings (SSSR count). The van der Waals surface area contributed by atoms with Crippen LogP contribution in [0.25, 0.3) is 0 Å². The molecule has 0 N–H and O–H groups in total. The number of aromatic nitrogens is 2. The van der Waals surface area contributed by atoms with Crippen LogP contribution in [0.3, 0.4) is 0 Å². The summed E-state index contributed by atoms with van der Waals surface area (Å²) in [6.45, 7) is 13.2. The van der Waals surface area contributed by atoms with Crippen molar-refractivity contribution in [2.75, 3.05) is 9.80 Å². The first-order valence-corrected chi connectivity index (χ1v) is 10.5. The van der Waals surface area contributed by atoms with E-state index in [9.17, 15) is 0 Å². The van der Waals surface area contributed by atoms with Gasteiger partial charge in [-0.1, -0.05) is 26.0 Å². The zero-order chi connectivity index (χ0) is 20.4. The van der Waals surface area contributed by atoms with Crippen LogP contribution >= 0.6 is 0 Å². The zero-order valence-corrected chi connectivity index (χ0v) is 18.1. The van der Waals surface area contributed by atoms with Gasteiger partial charge in [-0.05, 0) is 69.5 Å². The summed E-state index contributed by atoms with van der Waals surface area (Å²) in [5.41, 5.74) is 10.7. The molecule has 2 aliphatic rings. The van der Waals surface area contributed by atoms with Gasteiger partial charge in [0.2, 0.25) is 0 Å². The highest BCUT2D eigenvalue weighted by Gasteiger charge is 2.48. The zero-order valence-electron chi connectivity index (χ0n) is 18.1. The van der Waals surface area contributed by atoms with Gasteiger partial charge in [-0.3, -0.25) is 9.97 Å². The minimum absolute atomic E-state index is 0.210. The summed E-state index contributed by atoms with van der Waals surface area (Å²) >= 11 is 0. The van der Waals surface area contributed by atoms with Gasteiger partial charge >= 0.3 is 0 Å². The number of anilines is 4. The molecule has 0 saturated heterocycles. The van der Waals surface area contributed by atoms with Crippen LogP contribution in [0, 0.1) is 33.6 Å². The van der Waals surface area contributed by atoms with E-state index in [0.717, 1.165) is 22.8 Å². The van der Waals surface area contributed by atoms with Crippen molar-refractivity contribution in [3.63, 3.8) is 0 Å². The Morgan fingerprint density at radius 3 is 2.07 bits per heavy atom. The average molecular weight is 385 g/mol. The number of benzene rings is 1. The van der Waals surface area contributed by atoms with Gasteiger partial charge in [-0.25, -0.2) is 0 Å². The number of para-hydroxylation sites is 2. The highest BCUT2D eigenvalue weighted by Crippen LogP contribution is 2.56. The van der Waals surface area contributed by atoms with Gasteiger partial charge in [-0.2, -0.15) is 0 Å². The maximum absolute atomic E-state index is 4.83. The Hall–Kier alpha value is -2.88. The molecule has 3 unspecified atom stereocenters. The van der Waals surface area contributed by atoms with Crippen molar-refractivity contribution >= 4 is 22.7 Å². The summed E-state index contributed by atoms with van der Waals surface area (Å²) in [5, 5.41) is 0. The van der Waals surface area contributed by atoms with Crippen LogP contribution in [0.15, 0.2) is 42.5 Å². The molecule has 3 aromatic rings. The third kappa shape index (κ3) is 2.51. The molecule has 0 bridgehead atoms. The monoisotopic (exact) mass is 384 g/mol. The minimum atomic E-state index is 0.210. The van der Waals surface area contributed by atoms with E-state index in [0.29, 0.717) is 11.8 Å². The maximum Gasteiger partial charge on any atom is 0.114 e. The lowest BCUT2D eigenvalue weighted by atomic mass is 9.80. The molecule has 4 heteroatoms. The predicted octanol–water partition coefficient (Wildman–Crippen LogP) is 6.08. The number of fused-ring (bicyclic) bond motifs is 5. The summed E-state index contributed by atoms with van der Waals surface area (Å²) in [5.74, 6) is 0.888. The Balaban J connectivity index is 1.79. The molecule has 0 fully saturated rings. The fourth-order valence-electron chi connectivity index (χ4n) is 5.26. The van der Waals surface area contributed by atoms with Gasteiger partial charge in [0.15, 0.2) is 0 Å². The summed E-state index contributed by atoms with van der Waals surface area (Å²) in [6.07, 6.45) is 0.210. The van der Waals surface area contributed by atoms with Gasteiger partial charge in [0, 0.05) is 17.3 Å². The molecule has 0 amide bonds. The standard InChI is InChI=1S/C25H28N4/c1-14-11-12-21(18(5)26-14)28-22-9-7-8-10-23(22)29-24-19(6)27-15(2)13-20(24)16(3)17(4)25(28)29/h7-13,16-17,25H,1-6H3. The second-order valence-corrected chi connectivity index (χ2v) is 8.63. The second-order valence-electron chi connectivity index (χ2n) is 8.63. The smallest absolute Gasteiger partial charge is 0.114 e. The number of hydrogen-bond donors (Lipinski definition) is 0. The van der Waals surface area contributed by atoms with Crippen molar-refractivity contribution in [3.8, 4) is 0 Å². The van der Waals surface area contributed by atoms with E-state index in [4.69, 9.17) is 9.97 Å². The molecule has 2 aromatic heterocycles. The lowest BCUT2D eigenvalue weighted by Gasteiger charge is -2.45. The summed E-state index contributed by atoms with van der Waals surface area (Å²) in [7, 11) is 0. The third-order valence-electron chi connectivity index (χ3n) is 6.70. The highest BCUT2D eigenvalue weighted by atomic mass is 15.4. The number of nitrogens with zero attached hydrogens (tertiary/aromatic N) is 4. The van der Waals surface area contributed by atoms with Gasteiger partial charge in [-0.15, -0.1) is 0 Å². The van der Waals surface area contributed by atoms with E-state index in [1.165, 1.54) is 28.3 Å². The van der Waals surface area contributed by atoms with E-state index in [1.54, 1.807) is 0 Å². The largest absolute Gasteiger partial charge is 0.316 e. The van der Waals surface area contributed by atoms with E-state index in [-0.39, 0.29) is 6.17 Å². The van der Waals surface area contributed by atoms with E-state index >= 15 is 0 Å². The molecule has 148 valence electrons. The number of rotatable bonds is 1. The predicted molar refractivity (Wildman–Crippen MR) is 120 cm³/mol. The number of aryl methyl sites for hydroxylation is 4. The van der Waals surface area contributed by atoms with Gasteiger partial charge in [0.25, 0.3) is 0 Å². The molecule has 2 aliphatic heterocycles. The van der Waals surface area contributed by atoms with Crippen LogP contribution in [0.5, 0.6) is 0 Å². The average Bonchev–Trinajstić information content (AvgIpc) is 3.01. The molecule has 0 radical (unpaired) electrons. The topological polar surface area (TPSA) is 32.3 Å². The molecule has 0 aliphatic carbocycles. The van der Waals surface area contributed by atoms with Crippen molar-refractivity contribution in [1.82, 2.24) is 9.97 Å². The van der Waals surface area contributed by atoms with Crippen LogP contribution in [0.4, 0.5) is 22.7 Å². The Labute approximate surface area is 173 Å². The molecule has 0 saturated carbocycles. The van der Waals surface area contributed by atoms with Gasteiger partial charge in [0.1, 0.15) is 6.17 Å². The molecular weight excluding hydrogens is 356 g/mol. The lowest BCUT2D eigenvalue weighted by molar-refractivity contribution is 0.384. The van der Waals surface area contributed by atoms with E-state index in [1.807, 2.05) is 0 Å². The van der Waals surface area contributed by atoms with Crippen LogP contribution in [-0.2, 0) is 0 Å². The van der Waals surface area contributed by atoms with Gasteiger partial charge < -0.3 is 9.80 Å². The van der Waals surface area contributed by atoms with E-state index in [2.05, 4.69) is 93.8 Å². The Morgan fingerprint density at radius 2 is 1.38 bits per heavy atom. The summed E-state index contributed by atoms with van der Waals surface area (Å²) < 4.78 is 0. The molecule has 1 aromatic carbocycles. The normalized spacial score (nSPS) is 22.3. The van der Waals surface area contributed by atoms with Crippen LogP contribution < -0.4 is 9.80 Å². The molecule has 0 spiro atoms. The second kappa shape index (κ2) is 6.31. The Bertz CT molecular complexity index is 1120. The molecular formula is C25H28N4. The Morgan fingerprint density at radius 1 is 0.724 bits per heavy atom. The van der Waals surface area contributed by atoms with Crippen LogP contribution in [0.2, 0.25) is 0 Å². The number of pyridine rings is 2. The third-order valence-corrected chi connectivity index (χ3v) is 6.70. The fraction of sp³-hybridized carbons (Fsp3) is 0.360. The Kier molecular flexibility index (Phi) is 3.95. The SMILES string of the molecule is Cc1ccc(N2c3ccccc3N3c4c(cc(C)nc4C)C(C)C(C)C23)c(C)n1. The first-order valence-electron chi connectivity index (χ1n) is 10.5. The molecule has 4 nitrogen and oxygen atoms in total. The first-order chi connectivity index (χ1) is 13.9. The highest BCUT2D eigenvalue weighted by molar-refractivity contribution is 5.91. The van der Waals surface area contributed by atoms with Crippen molar-refractivity contribution in [3.05, 3.63) is 70.8 Å². The lowest BCUT2D eigenvalue weighted by Crippen LogP contribution is -2.48. The first kappa shape index (κ1) is 18.2. The van der Waals surface area contributed by atoms with Crippen molar-refractivity contribution in [1.29, 1.82) is 0 Å². The van der Waals surface area contributed by atoms with Crippen molar-refractivity contribution < 1.29 is 0 Å². The fourth-order valence-corrected chi connectivity index (χ4v) is 5.26. The van der Waals surface area contributed by atoms with Crippen molar-refractivity contribution in [2.45, 2.75) is 53.6 Å². The van der Waals surface area contributed by atoms with Crippen molar-refractivity contribution in [2.24, 2.45) is 5.92 Å². The van der Waals surface area contributed by atoms with Crippen LogP contribution in [0.1, 0.15) is 48.1 Å². The van der Waals surface area contributed by atoms with Gasteiger partial charge in [0.05, 0.1) is 34.1 Å². The van der Waals surface area contributed by atoms with E-state index < -0.39 is 0 Å². The number of hydrogen-bond acceptors (Lipinski definition) is 4. The molecule has 4 heterocycles. The molecule has 3 atom stereocenters. The van der Waals surface area contributed by atoms with Crippen LogP contribution in [-0.4, -0.2) is 16.1 Å². The summed E-state index contributed by atoms with van der Waals surface area (Å²) in [4.78, 5) is 14.6. The summed E-state index contributed by atoms with van der Waals surface area (Å²) in [6, 6.07) is 15.4. The minimum Gasteiger partial charge on any atom is -0.316 e.